The summed E-state index contributed by atoms with van der Waals surface area (Å²) in [7, 11) is 1.67. The minimum absolute atomic E-state index is 0.545. The van der Waals surface area contributed by atoms with Crippen LogP contribution in [0.25, 0.3) is 11.5 Å². The Balaban J connectivity index is 1.98. The first-order valence-corrected chi connectivity index (χ1v) is 7.03. The largest absolute Gasteiger partial charge is 0.496 e. The first-order valence-electron chi connectivity index (χ1n) is 7.03. The van der Waals surface area contributed by atoms with Crippen molar-refractivity contribution < 1.29 is 9.15 Å². The van der Waals surface area contributed by atoms with Crippen LogP contribution in [0, 0.1) is 20.8 Å². The topological polar surface area (TPSA) is 66.0 Å². The van der Waals surface area contributed by atoms with E-state index in [2.05, 4.69) is 15.1 Å². The number of aryl methyl sites for hydroxylation is 3. The average molecular weight is 298 g/mol. The summed E-state index contributed by atoms with van der Waals surface area (Å²) in [6, 6.07) is 4.04. The third-order valence-corrected chi connectivity index (χ3v) is 3.64. The molecule has 0 N–H and O–H groups in total. The van der Waals surface area contributed by atoms with E-state index in [1.165, 1.54) is 6.33 Å². The molecule has 2 aromatic heterocycles. The third kappa shape index (κ3) is 2.59. The minimum Gasteiger partial charge on any atom is -0.496 e. The molecule has 1 aromatic carbocycles. The fourth-order valence-electron chi connectivity index (χ4n) is 2.40. The van der Waals surface area contributed by atoms with Crippen molar-refractivity contribution in [3.63, 3.8) is 0 Å². The summed E-state index contributed by atoms with van der Waals surface area (Å²) in [6.45, 7) is 6.49. The maximum absolute atomic E-state index is 5.85. The van der Waals surface area contributed by atoms with Gasteiger partial charge in [0.25, 0.3) is 0 Å². The molecule has 0 atom stereocenters. The lowest BCUT2D eigenvalue weighted by Gasteiger charge is -2.08. The number of oxazole rings is 1. The molecule has 22 heavy (non-hydrogen) atoms. The van der Waals surface area contributed by atoms with Crippen LogP contribution in [-0.2, 0) is 6.54 Å². The van der Waals surface area contributed by atoms with Crippen molar-refractivity contribution in [2.24, 2.45) is 0 Å². The molecule has 0 aliphatic rings. The Hall–Kier alpha value is -2.63. The number of aromatic nitrogens is 4. The molecule has 0 spiro atoms. The van der Waals surface area contributed by atoms with Gasteiger partial charge in [0.05, 0.1) is 13.7 Å². The number of hydrogen-bond acceptors (Lipinski definition) is 5. The molecule has 0 aliphatic carbocycles. The standard InChI is InChI=1S/C16H18N4O2/c1-10-6-15(21-4)11(2)5-13(10)16-19-14(12(3)22-16)7-20-9-17-8-18-20/h5-6,8-9H,7H2,1-4H3. The quantitative estimate of drug-likeness (QED) is 0.741. The second-order valence-corrected chi connectivity index (χ2v) is 5.25. The van der Waals surface area contributed by atoms with Gasteiger partial charge in [-0.05, 0) is 44.0 Å². The Morgan fingerprint density at radius 3 is 2.68 bits per heavy atom. The molecule has 0 radical (unpaired) electrons. The first kappa shape index (κ1) is 14.3. The Bertz CT molecular complexity index is 791. The van der Waals surface area contributed by atoms with Crippen LogP contribution in [0.4, 0.5) is 0 Å². The van der Waals surface area contributed by atoms with Gasteiger partial charge in [-0.15, -0.1) is 0 Å². The summed E-state index contributed by atoms with van der Waals surface area (Å²) in [5, 5.41) is 4.10. The molecule has 0 saturated heterocycles. The van der Waals surface area contributed by atoms with E-state index in [4.69, 9.17) is 9.15 Å². The molecular weight excluding hydrogens is 280 g/mol. The monoisotopic (exact) mass is 298 g/mol. The lowest BCUT2D eigenvalue weighted by atomic mass is 10.0. The molecule has 2 heterocycles. The molecule has 3 aromatic rings. The molecule has 0 bridgehead atoms. The van der Waals surface area contributed by atoms with Crippen molar-refractivity contribution in [3.05, 3.63) is 47.4 Å². The molecular formula is C16H18N4O2. The Labute approximate surface area is 128 Å². The first-order chi connectivity index (χ1) is 10.6. The minimum atomic E-state index is 0.545. The van der Waals surface area contributed by atoms with Crippen molar-refractivity contribution in [2.45, 2.75) is 27.3 Å². The Morgan fingerprint density at radius 1 is 1.18 bits per heavy atom. The van der Waals surface area contributed by atoms with Crippen LogP contribution in [0.1, 0.15) is 22.6 Å². The van der Waals surface area contributed by atoms with Gasteiger partial charge in [0.1, 0.15) is 29.9 Å². The number of nitrogens with zero attached hydrogens (tertiary/aromatic N) is 4. The lowest BCUT2D eigenvalue weighted by Crippen LogP contribution is -2.01. The number of ether oxygens (including phenoxy) is 1. The normalized spacial score (nSPS) is 10.9. The van der Waals surface area contributed by atoms with Crippen molar-refractivity contribution in [3.8, 4) is 17.2 Å². The van der Waals surface area contributed by atoms with Crippen molar-refractivity contribution in [1.29, 1.82) is 0 Å². The van der Waals surface area contributed by atoms with Crippen LogP contribution < -0.4 is 4.74 Å². The zero-order valence-electron chi connectivity index (χ0n) is 13.1. The summed E-state index contributed by atoms with van der Waals surface area (Å²) in [6.07, 6.45) is 3.17. The fraction of sp³-hybridized carbons (Fsp3) is 0.312. The second kappa shape index (κ2) is 5.63. The number of methoxy groups -OCH3 is 1. The maximum atomic E-state index is 5.85. The summed E-state index contributed by atoms with van der Waals surface area (Å²) in [4.78, 5) is 8.55. The maximum Gasteiger partial charge on any atom is 0.226 e. The van der Waals surface area contributed by atoms with Crippen molar-refractivity contribution >= 4 is 0 Å². The van der Waals surface area contributed by atoms with E-state index in [-0.39, 0.29) is 0 Å². The van der Waals surface area contributed by atoms with E-state index < -0.39 is 0 Å². The highest BCUT2D eigenvalue weighted by Crippen LogP contribution is 2.30. The van der Waals surface area contributed by atoms with E-state index in [1.54, 1.807) is 18.1 Å². The van der Waals surface area contributed by atoms with Gasteiger partial charge in [0, 0.05) is 5.56 Å². The van der Waals surface area contributed by atoms with Crippen LogP contribution in [-0.4, -0.2) is 26.9 Å². The van der Waals surface area contributed by atoms with Gasteiger partial charge in [0.15, 0.2) is 0 Å². The van der Waals surface area contributed by atoms with Gasteiger partial charge in [0.2, 0.25) is 5.89 Å². The van der Waals surface area contributed by atoms with E-state index in [1.807, 2.05) is 32.9 Å². The van der Waals surface area contributed by atoms with Crippen molar-refractivity contribution in [1.82, 2.24) is 19.7 Å². The smallest absolute Gasteiger partial charge is 0.226 e. The second-order valence-electron chi connectivity index (χ2n) is 5.25. The summed E-state index contributed by atoms with van der Waals surface area (Å²) in [5.41, 5.74) is 3.95. The number of rotatable bonds is 4. The van der Waals surface area contributed by atoms with Gasteiger partial charge in [-0.1, -0.05) is 0 Å². The van der Waals surface area contributed by atoms with Gasteiger partial charge in [-0.3, -0.25) is 0 Å². The van der Waals surface area contributed by atoms with E-state index in [0.29, 0.717) is 12.4 Å². The van der Waals surface area contributed by atoms with Crippen LogP contribution in [0.2, 0.25) is 0 Å². The SMILES string of the molecule is COc1cc(C)c(-c2nc(Cn3cncn3)c(C)o2)cc1C. The Kier molecular flexibility index (Phi) is 3.66. The molecule has 6 nitrogen and oxygen atoms in total. The molecule has 0 saturated carbocycles. The zero-order valence-corrected chi connectivity index (χ0v) is 13.1. The van der Waals surface area contributed by atoms with E-state index >= 15 is 0 Å². The molecule has 114 valence electrons. The summed E-state index contributed by atoms with van der Waals surface area (Å²) < 4.78 is 12.9. The molecule has 0 fully saturated rings. The number of benzene rings is 1. The van der Waals surface area contributed by atoms with Gasteiger partial charge in [-0.2, -0.15) is 5.10 Å². The fourth-order valence-corrected chi connectivity index (χ4v) is 2.40. The number of hydrogen-bond donors (Lipinski definition) is 0. The lowest BCUT2D eigenvalue weighted by molar-refractivity contribution is 0.411. The van der Waals surface area contributed by atoms with Gasteiger partial charge in [-0.25, -0.2) is 14.6 Å². The average Bonchev–Trinajstić information content (AvgIpc) is 3.12. The predicted octanol–water partition coefficient (Wildman–Crippen LogP) is 2.92. The van der Waals surface area contributed by atoms with Crippen molar-refractivity contribution in [2.75, 3.05) is 7.11 Å². The van der Waals surface area contributed by atoms with E-state index in [9.17, 15) is 0 Å². The molecule has 0 unspecified atom stereocenters. The molecule has 3 rings (SSSR count). The van der Waals surface area contributed by atoms with Gasteiger partial charge >= 0.3 is 0 Å². The predicted molar refractivity (Wildman–Crippen MR) is 81.8 cm³/mol. The third-order valence-electron chi connectivity index (χ3n) is 3.64. The van der Waals surface area contributed by atoms with Crippen LogP contribution in [0.3, 0.4) is 0 Å². The highest BCUT2D eigenvalue weighted by Gasteiger charge is 2.15. The van der Waals surface area contributed by atoms with Crippen LogP contribution in [0.15, 0.2) is 29.2 Å². The zero-order chi connectivity index (χ0) is 15.7. The summed E-state index contributed by atoms with van der Waals surface area (Å²) >= 11 is 0. The van der Waals surface area contributed by atoms with Crippen LogP contribution in [0.5, 0.6) is 5.75 Å². The Morgan fingerprint density at radius 2 is 2.00 bits per heavy atom. The highest BCUT2D eigenvalue weighted by molar-refractivity contribution is 5.62. The molecule has 0 amide bonds. The summed E-state index contributed by atoms with van der Waals surface area (Å²) in [5.74, 6) is 2.28. The molecule has 6 heteroatoms. The molecule has 0 aliphatic heterocycles. The van der Waals surface area contributed by atoms with E-state index in [0.717, 1.165) is 33.9 Å². The van der Waals surface area contributed by atoms with Gasteiger partial charge < -0.3 is 9.15 Å². The highest BCUT2D eigenvalue weighted by atomic mass is 16.5. The van der Waals surface area contributed by atoms with Crippen LogP contribution >= 0.6 is 0 Å².